The van der Waals surface area contributed by atoms with Gasteiger partial charge in [-0.05, 0) is 48.9 Å². The second kappa shape index (κ2) is 8.30. The van der Waals surface area contributed by atoms with Gasteiger partial charge in [0.1, 0.15) is 0 Å². The smallest absolute Gasteiger partial charge is 0.193 e. The molecule has 0 atom stereocenters. The number of methoxy groups -OCH3 is 1. The van der Waals surface area contributed by atoms with E-state index in [1.807, 2.05) is 72.8 Å². The summed E-state index contributed by atoms with van der Waals surface area (Å²) < 4.78 is 11.7. The second-order valence-electron chi connectivity index (χ2n) is 7.16. The van der Waals surface area contributed by atoms with Gasteiger partial charge in [0.2, 0.25) is 0 Å². The maximum Gasteiger partial charge on any atom is 0.193 e. The molecule has 28 heavy (non-hydrogen) atoms. The third-order valence-corrected chi connectivity index (χ3v) is 5.28. The Labute approximate surface area is 165 Å². The van der Waals surface area contributed by atoms with Crippen LogP contribution in [0.4, 0.5) is 0 Å². The lowest BCUT2D eigenvalue weighted by atomic mass is 9.99. The largest absolute Gasteiger partial charge is 0.493 e. The first-order chi connectivity index (χ1) is 13.7. The van der Waals surface area contributed by atoms with Gasteiger partial charge in [-0.2, -0.15) is 0 Å². The fourth-order valence-electron chi connectivity index (χ4n) is 3.70. The number of ketones is 1. The average molecular weight is 372 g/mol. The van der Waals surface area contributed by atoms with E-state index in [-0.39, 0.29) is 11.9 Å². The zero-order chi connectivity index (χ0) is 19.3. The van der Waals surface area contributed by atoms with Crippen LogP contribution in [0.25, 0.3) is 11.1 Å². The van der Waals surface area contributed by atoms with Crippen molar-refractivity contribution in [2.75, 3.05) is 7.11 Å². The highest BCUT2D eigenvalue weighted by molar-refractivity contribution is 6.09. The monoisotopic (exact) mass is 372 g/mol. The van der Waals surface area contributed by atoms with Crippen molar-refractivity contribution in [1.82, 2.24) is 0 Å². The molecule has 3 aromatic carbocycles. The lowest BCUT2D eigenvalue weighted by Crippen LogP contribution is -2.11. The maximum atomic E-state index is 12.6. The molecule has 0 radical (unpaired) electrons. The van der Waals surface area contributed by atoms with E-state index < -0.39 is 0 Å². The lowest BCUT2D eigenvalue weighted by molar-refractivity contribution is 0.103. The van der Waals surface area contributed by atoms with E-state index in [9.17, 15) is 4.79 Å². The van der Waals surface area contributed by atoms with Crippen LogP contribution in [0.5, 0.6) is 11.5 Å². The predicted molar refractivity (Wildman–Crippen MR) is 111 cm³/mol. The van der Waals surface area contributed by atoms with Gasteiger partial charge in [0.15, 0.2) is 17.3 Å². The first kappa shape index (κ1) is 18.3. The minimum atomic E-state index is 0.0344. The van der Waals surface area contributed by atoms with Crippen molar-refractivity contribution in [3.05, 3.63) is 83.9 Å². The first-order valence-electron chi connectivity index (χ1n) is 9.79. The summed E-state index contributed by atoms with van der Waals surface area (Å²) in [5.74, 6) is 1.58. The molecule has 3 nitrogen and oxygen atoms in total. The van der Waals surface area contributed by atoms with Crippen LogP contribution in [0.3, 0.4) is 0 Å². The number of carbonyl (C=O) groups excluding carboxylic acids is 1. The summed E-state index contributed by atoms with van der Waals surface area (Å²) in [6.45, 7) is 0. The van der Waals surface area contributed by atoms with Crippen LogP contribution in [-0.2, 0) is 0 Å². The van der Waals surface area contributed by atoms with Gasteiger partial charge in [-0.25, -0.2) is 0 Å². The van der Waals surface area contributed by atoms with Crippen molar-refractivity contribution in [2.45, 2.75) is 31.8 Å². The number of hydrogen-bond acceptors (Lipinski definition) is 3. The molecule has 1 saturated carbocycles. The minimum absolute atomic E-state index is 0.0344. The van der Waals surface area contributed by atoms with E-state index >= 15 is 0 Å². The van der Waals surface area contributed by atoms with Crippen molar-refractivity contribution < 1.29 is 14.3 Å². The summed E-state index contributed by atoms with van der Waals surface area (Å²) >= 11 is 0. The number of ether oxygens (including phenoxy) is 2. The Morgan fingerprint density at radius 3 is 2.11 bits per heavy atom. The summed E-state index contributed by atoms with van der Waals surface area (Å²) in [6.07, 6.45) is 4.93. The van der Waals surface area contributed by atoms with Crippen molar-refractivity contribution in [3.63, 3.8) is 0 Å². The van der Waals surface area contributed by atoms with E-state index in [1.54, 1.807) is 7.11 Å². The molecule has 0 N–H and O–H groups in total. The Bertz CT molecular complexity index is 939. The Hall–Kier alpha value is -3.07. The highest BCUT2D eigenvalue weighted by Gasteiger charge is 2.19. The molecule has 1 fully saturated rings. The summed E-state index contributed by atoms with van der Waals surface area (Å²) in [5, 5.41) is 0. The van der Waals surface area contributed by atoms with Gasteiger partial charge >= 0.3 is 0 Å². The van der Waals surface area contributed by atoms with Gasteiger partial charge in [-0.15, -0.1) is 0 Å². The van der Waals surface area contributed by atoms with Gasteiger partial charge in [0.25, 0.3) is 0 Å². The van der Waals surface area contributed by atoms with Crippen LogP contribution in [-0.4, -0.2) is 19.0 Å². The van der Waals surface area contributed by atoms with E-state index in [2.05, 4.69) is 0 Å². The number of carbonyl (C=O) groups is 1. The Morgan fingerprint density at radius 1 is 0.786 bits per heavy atom. The van der Waals surface area contributed by atoms with Crippen LogP contribution in [0, 0.1) is 0 Å². The number of hydrogen-bond donors (Lipinski definition) is 0. The third kappa shape index (κ3) is 3.94. The van der Waals surface area contributed by atoms with Gasteiger partial charge in [-0.3, -0.25) is 4.79 Å². The molecule has 0 aliphatic heterocycles. The zero-order valence-corrected chi connectivity index (χ0v) is 16.1. The Morgan fingerprint density at radius 2 is 1.43 bits per heavy atom. The zero-order valence-electron chi connectivity index (χ0n) is 16.1. The van der Waals surface area contributed by atoms with Crippen LogP contribution in [0.15, 0.2) is 72.8 Å². The molecule has 3 aromatic rings. The maximum absolute atomic E-state index is 12.6. The molecule has 1 aliphatic rings. The Kier molecular flexibility index (Phi) is 5.43. The minimum Gasteiger partial charge on any atom is -0.493 e. The SMILES string of the molecule is COc1ccc(-c2ccc(C(=O)c3ccccc3)cc2)cc1OC1CCCC1. The highest BCUT2D eigenvalue weighted by Crippen LogP contribution is 2.35. The molecular formula is C25H24O3. The molecule has 0 spiro atoms. The standard InChI is InChI=1S/C25H24O3/c1-27-23-16-15-21(17-24(23)28-22-9-5-6-10-22)18-11-13-20(14-12-18)25(26)19-7-3-2-4-8-19/h2-4,7-8,11-17,22H,5-6,9-10H2,1H3. The fraction of sp³-hybridized carbons (Fsp3) is 0.240. The molecule has 4 rings (SSSR count). The van der Waals surface area contributed by atoms with E-state index in [4.69, 9.17) is 9.47 Å². The summed E-state index contributed by atoms with van der Waals surface area (Å²) in [7, 11) is 1.67. The number of benzene rings is 3. The molecule has 0 aromatic heterocycles. The third-order valence-electron chi connectivity index (χ3n) is 5.28. The van der Waals surface area contributed by atoms with Crippen molar-refractivity contribution in [3.8, 4) is 22.6 Å². The van der Waals surface area contributed by atoms with E-state index in [0.29, 0.717) is 11.1 Å². The van der Waals surface area contributed by atoms with Gasteiger partial charge < -0.3 is 9.47 Å². The first-order valence-corrected chi connectivity index (χ1v) is 9.79. The summed E-state index contributed by atoms with van der Waals surface area (Å²) in [4.78, 5) is 12.6. The number of rotatable bonds is 6. The molecule has 0 unspecified atom stereocenters. The summed E-state index contributed by atoms with van der Waals surface area (Å²) in [5.41, 5.74) is 3.48. The average Bonchev–Trinajstić information content (AvgIpc) is 3.27. The fourth-order valence-corrected chi connectivity index (χ4v) is 3.70. The quantitative estimate of drug-likeness (QED) is 0.504. The normalized spacial score (nSPS) is 14.0. The lowest BCUT2D eigenvalue weighted by Gasteiger charge is -2.17. The molecule has 0 amide bonds. The van der Waals surface area contributed by atoms with Crippen molar-refractivity contribution >= 4 is 5.78 Å². The van der Waals surface area contributed by atoms with Crippen molar-refractivity contribution in [2.24, 2.45) is 0 Å². The van der Waals surface area contributed by atoms with E-state index in [1.165, 1.54) is 12.8 Å². The van der Waals surface area contributed by atoms with E-state index in [0.717, 1.165) is 35.5 Å². The second-order valence-corrected chi connectivity index (χ2v) is 7.16. The van der Waals surface area contributed by atoms with Crippen LogP contribution >= 0.6 is 0 Å². The highest BCUT2D eigenvalue weighted by atomic mass is 16.5. The van der Waals surface area contributed by atoms with Gasteiger partial charge in [0, 0.05) is 11.1 Å². The topological polar surface area (TPSA) is 35.5 Å². The van der Waals surface area contributed by atoms with Crippen LogP contribution in [0.1, 0.15) is 41.6 Å². The molecule has 0 heterocycles. The molecule has 142 valence electrons. The van der Waals surface area contributed by atoms with Gasteiger partial charge in [-0.1, -0.05) is 60.7 Å². The molecule has 0 bridgehead atoms. The van der Waals surface area contributed by atoms with Gasteiger partial charge in [0.05, 0.1) is 13.2 Å². The molecule has 0 saturated heterocycles. The Balaban J connectivity index is 1.57. The molecule has 3 heteroatoms. The van der Waals surface area contributed by atoms with Crippen LogP contribution < -0.4 is 9.47 Å². The molecular weight excluding hydrogens is 348 g/mol. The summed E-state index contributed by atoms with van der Waals surface area (Å²) in [6, 6.07) is 23.1. The predicted octanol–water partition coefficient (Wildman–Crippen LogP) is 5.91. The van der Waals surface area contributed by atoms with Crippen molar-refractivity contribution in [1.29, 1.82) is 0 Å². The molecule has 1 aliphatic carbocycles. The van der Waals surface area contributed by atoms with Crippen LogP contribution in [0.2, 0.25) is 0 Å².